The van der Waals surface area contributed by atoms with Crippen molar-refractivity contribution in [3.05, 3.63) is 39.9 Å². The summed E-state index contributed by atoms with van der Waals surface area (Å²) in [4.78, 5) is 24.2. The molecule has 126 valence electrons. The molecule has 1 heterocycles. The topological polar surface area (TPSA) is 84.7 Å². The number of non-ortho nitro benzene ring substituents is 1. The van der Waals surface area contributed by atoms with Gasteiger partial charge in [-0.2, -0.15) is 0 Å². The van der Waals surface area contributed by atoms with Crippen LogP contribution in [0.1, 0.15) is 26.3 Å². The first-order valence-corrected chi connectivity index (χ1v) is 7.71. The van der Waals surface area contributed by atoms with E-state index in [0.29, 0.717) is 26.1 Å². The first-order chi connectivity index (χ1) is 10.8. The number of morpholine rings is 1. The van der Waals surface area contributed by atoms with Gasteiger partial charge in [-0.3, -0.25) is 10.1 Å². The normalized spacial score (nSPS) is 20.1. The van der Waals surface area contributed by atoms with Crippen LogP contribution >= 0.6 is 0 Å². The molecule has 0 radical (unpaired) electrons. The van der Waals surface area contributed by atoms with Gasteiger partial charge in [0.15, 0.2) is 0 Å². The number of carbonyl (C=O) groups excluding carboxylic acids is 1. The van der Waals surface area contributed by atoms with Crippen LogP contribution in [-0.4, -0.2) is 47.2 Å². The maximum Gasteiger partial charge on any atom is 0.317 e. The van der Waals surface area contributed by atoms with E-state index in [4.69, 9.17) is 4.74 Å². The molecule has 7 nitrogen and oxygen atoms in total. The summed E-state index contributed by atoms with van der Waals surface area (Å²) >= 11 is 0. The Kier molecular flexibility index (Phi) is 5.20. The van der Waals surface area contributed by atoms with E-state index in [2.05, 4.69) is 5.32 Å². The fraction of sp³-hybridized carbons (Fsp3) is 0.562. The molecule has 1 aromatic carbocycles. The Balaban J connectivity index is 1.81. The lowest BCUT2D eigenvalue weighted by Gasteiger charge is -2.41. The molecule has 0 aliphatic carbocycles. The second-order valence-corrected chi connectivity index (χ2v) is 6.47. The van der Waals surface area contributed by atoms with E-state index in [1.807, 2.05) is 20.8 Å². The number of ether oxygens (including phenoxy) is 1. The Hall–Kier alpha value is -2.15. The van der Waals surface area contributed by atoms with Crippen LogP contribution in [0.25, 0.3) is 0 Å². The third-order valence-corrected chi connectivity index (χ3v) is 3.69. The van der Waals surface area contributed by atoms with Crippen LogP contribution in [0, 0.1) is 10.1 Å². The van der Waals surface area contributed by atoms with E-state index in [-0.39, 0.29) is 23.4 Å². The number of carbonyl (C=O) groups is 1. The standard InChI is InChI=1S/C16H23N3O4/c1-12-10-18(11-16(2,3)23-12)15(20)17-9-8-13-4-6-14(7-5-13)19(21)22/h4-7,12H,8-11H2,1-3H3,(H,17,20)/t12-/m0/s1. The number of nitro benzene ring substituents is 1. The third kappa shape index (κ3) is 4.92. The molecule has 23 heavy (non-hydrogen) atoms. The lowest BCUT2D eigenvalue weighted by Crippen LogP contribution is -2.56. The maximum absolute atomic E-state index is 12.2. The van der Waals surface area contributed by atoms with E-state index in [1.54, 1.807) is 17.0 Å². The van der Waals surface area contributed by atoms with Crippen LogP contribution in [0.4, 0.5) is 10.5 Å². The van der Waals surface area contributed by atoms with Crippen molar-refractivity contribution in [1.29, 1.82) is 0 Å². The van der Waals surface area contributed by atoms with Crippen molar-refractivity contribution in [2.24, 2.45) is 0 Å². The zero-order valence-electron chi connectivity index (χ0n) is 13.7. The largest absolute Gasteiger partial charge is 0.369 e. The second kappa shape index (κ2) is 6.95. The second-order valence-electron chi connectivity index (χ2n) is 6.47. The summed E-state index contributed by atoms with van der Waals surface area (Å²) in [7, 11) is 0. The monoisotopic (exact) mass is 321 g/mol. The van der Waals surface area contributed by atoms with Crippen molar-refractivity contribution in [3.63, 3.8) is 0 Å². The number of hydrogen-bond acceptors (Lipinski definition) is 4. The molecule has 2 rings (SSSR count). The quantitative estimate of drug-likeness (QED) is 0.681. The molecule has 1 fully saturated rings. The van der Waals surface area contributed by atoms with E-state index in [0.717, 1.165) is 5.56 Å². The lowest BCUT2D eigenvalue weighted by atomic mass is 10.1. The SMILES string of the molecule is C[C@H]1CN(C(=O)NCCc2ccc([N+](=O)[O-])cc2)CC(C)(C)O1. The molecule has 0 aromatic heterocycles. The molecule has 1 aromatic rings. The Bertz CT molecular complexity index is 571. The fourth-order valence-electron chi connectivity index (χ4n) is 2.82. The van der Waals surface area contributed by atoms with Gasteiger partial charge in [-0.25, -0.2) is 4.79 Å². The van der Waals surface area contributed by atoms with Gasteiger partial charge in [0.1, 0.15) is 0 Å². The van der Waals surface area contributed by atoms with Crippen LogP contribution in [-0.2, 0) is 11.2 Å². The molecule has 0 bridgehead atoms. The highest BCUT2D eigenvalue weighted by molar-refractivity contribution is 5.74. The summed E-state index contributed by atoms with van der Waals surface area (Å²) in [5.41, 5.74) is 0.682. The molecule has 1 aliphatic rings. The number of rotatable bonds is 4. The van der Waals surface area contributed by atoms with Gasteiger partial charge in [0.2, 0.25) is 0 Å². The van der Waals surface area contributed by atoms with Crippen molar-refractivity contribution in [2.75, 3.05) is 19.6 Å². The summed E-state index contributed by atoms with van der Waals surface area (Å²) in [5.74, 6) is 0. The molecule has 0 unspecified atom stereocenters. The highest BCUT2D eigenvalue weighted by Gasteiger charge is 2.33. The van der Waals surface area contributed by atoms with Crippen LogP contribution < -0.4 is 5.32 Å². The zero-order valence-corrected chi connectivity index (χ0v) is 13.7. The van der Waals surface area contributed by atoms with Gasteiger partial charge in [0.25, 0.3) is 5.69 Å². The van der Waals surface area contributed by atoms with Gasteiger partial charge in [-0.1, -0.05) is 12.1 Å². The number of nitrogens with one attached hydrogen (secondary N) is 1. The summed E-state index contributed by atoms with van der Waals surface area (Å²) in [6.07, 6.45) is 0.645. The number of nitro groups is 1. The molecule has 1 atom stereocenters. The van der Waals surface area contributed by atoms with Crippen LogP contribution in [0.3, 0.4) is 0 Å². The Labute approximate surface area is 135 Å². The Morgan fingerprint density at radius 2 is 2.09 bits per heavy atom. The summed E-state index contributed by atoms with van der Waals surface area (Å²) in [5, 5.41) is 13.5. The van der Waals surface area contributed by atoms with Crippen molar-refractivity contribution in [1.82, 2.24) is 10.2 Å². The fourth-order valence-corrected chi connectivity index (χ4v) is 2.82. The Morgan fingerprint density at radius 3 is 2.65 bits per heavy atom. The average Bonchev–Trinajstić information content (AvgIpc) is 2.45. The molecule has 1 aliphatic heterocycles. The van der Waals surface area contributed by atoms with Crippen molar-refractivity contribution in [3.8, 4) is 0 Å². The summed E-state index contributed by atoms with van der Waals surface area (Å²) in [6, 6.07) is 6.27. The molecular formula is C16H23N3O4. The van der Waals surface area contributed by atoms with Crippen molar-refractivity contribution < 1.29 is 14.5 Å². The van der Waals surface area contributed by atoms with Crippen LogP contribution in [0.2, 0.25) is 0 Å². The lowest BCUT2D eigenvalue weighted by molar-refractivity contribution is -0.384. The Morgan fingerprint density at radius 1 is 1.43 bits per heavy atom. The van der Waals surface area contributed by atoms with E-state index >= 15 is 0 Å². The smallest absolute Gasteiger partial charge is 0.317 e. The molecule has 0 spiro atoms. The van der Waals surface area contributed by atoms with Crippen molar-refractivity contribution in [2.45, 2.75) is 38.9 Å². The first-order valence-electron chi connectivity index (χ1n) is 7.71. The van der Waals surface area contributed by atoms with Gasteiger partial charge in [0.05, 0.1) is 23.2 Å². The zero-order chi connectivity index (χ0) is 17.0. The first kappa shape index (κ1) is 17.2. The van der Waals surface area contributed by atoms with Gasteiger partial charge < -0.3 is 15.0 Å². The van der Waals surface area contributed by atoms with Gasteiger partial charge >= 0.3 is 6.03 Å². The average molecular weight is 321 g/mol. The van der Waals surface area contributed by atoms with Gasteiger partial charge in [-0.05, 0) is 32.8 Å². The molecule has 7 heteroatoms. The minimum Gasteiger partial charge on any atom is -0.369 e. The molecule has 2 amide bonds. The molecule has 1 N–H and O–H groups in total. The summed E-state index contributed by atoms with van der Waals surface area (Å²) < 4.78 is 5.78. The number of hydrogen-bond donors (Lipinski definition) is 1. The van der Waals surface area contributed by atoms with Crippen molar-refractivity contribution >= 4 is 11.7 Å². The highest BCUT2D eigenvalue weighted by atomic mass is 16.6. The van der Waals surface area contributed by atoms with Gasteiger partial charge in [0, 0.05) is 25.2 Å². The number of benzene rings is 1. The van der Waals surface area contributed by atoms with E-state index in [1.165, 1.54) is 12.1 Å². The van der Waals surface area contributed by atoms with Crippen LogP contribution in [0.5, 0.6) is 0 Å². The molecular weight excluding hydrogens is 298 g/mol. The minimum atomic E-state index is -0.424. The number of urea groups is 1. The number of amides is 2. The van der Waals surface area contributed by atoms with Gasteiger partial charge in [-0.15, -0.1) is 0 Å². The minimum absolute atomic E-state index is 0.0131. The maximum atomic E-state index is 12.2. The summed E-state index contributed by atoms with van der Waals surface area (Å²) in [6.45, 7) is 7.52. The van der Waals surface area contributed by atoms with E-state index < -0.39 is 4.92 Å². The number of nitrogens with zero attached hydrogens (tertiary/aromatic N) is 2. The predicted octanol–water partition coefficient (Wildman–Crippen LogP) is 2.35. The van der Waals surface area contributed by atoms with E-state index in [9.17, 15) is 14.9 Å². The predicted molar refractivity (Wildman–Crippen MR) is 86.4 cm³/mol. The third-order valence-electron chi connectivity index (χ3n) is 3.69. The molecule has 1 saturated heterocycles. The molecule has 0 saturated carbocycles. The van der Waals surface area contributed by atoms with Crippen LogP contribution in [0.15, 0.2) is 24.3 Å². The highest BCUT2D eigenvalue weighted by Crippen LogP contribution is 2.20.